The van der Waals surface area contributed by atoms with Crippen LogP contribution in [0.3, 0.4) is 0 Å². The van der Waals surface area contributed by atoms with Crippen LogP contribution in [0.25, 0.3) is 11.6 Å². The van der Waals surface area contributed by atoms with Crippen LogP contribution in [0.1, 0.15) is 12.5 Å². The molecule has 0 aliphatic rings. The van der Waals surface area contributed by atoms with Crippen molar-refractivity contribution in [2.45, 2.75) is 24.4 Å². The highest BCUT2D eigenvalue weighted by Gasteiger charge is 2.16. The van der Waals surface area contributed by atoms with E-state index >= 15 is 0 Å². The minimum atomic E-state index is 0.682. The minimum Gasteiger partial charge on any atom is -0.446 e. The summed E-state index contributed by atoms with van der Waals surface area (Å²) in [4.78, 5) is 0. The van der Waals surface area contributed by atoms with E-state index in [2.05, 4.69) is 39.1 Å². The lowest BCUT2D eigenvalue weighted by Crippen LogP contribution is -1.99. The second kappa shape index (κ2) is 6.89. The number of halogens is 2. The van der Waals surface area contributed by atoms with E-state index in [1.54, 1.807) is 11.8 Å². The Kier molecular flexibility index (Phi) is 4.90. The Bertz CT molecular complexity index is 787. The van der Waals surface area contributed by atoms with Crippen LogP contribution >= 0.6 is 39.3 Å². The molecule has 7 heteroatoms. The fourth-order valence-electron chi connectivity index (χ4n) is 2.07. The van der Waals surface area contributed by atoms with Crippen molar-refractivity contribution in [2.24, 2.45) is 0 Å². The van der Waals surface area contributed by atoms with Crippen molar-refractivity contribution in [3.05, 3.63) is 51.7 Å². The Balaban J connectivity index is 1.81. The van der Waals surface area contributed by atoms with Gasteiger partial charge in [0.1, 0.15) is 0 Å². The van der Waals surface area contributed by atoms with Gasteiger partial charge in [0.05, 0.1) is 0 Å². The van der Waals surface area contributed by atoms with E-state index in [1.807, 2.05) is 34.9 Å². The first-order chi connectivity index (χ1) is 10.7. The highest BCUT2D eigenvalue weighted by Crippen LogP contribution is 2.29. The first kappa shape index (κ1) is 15.6. The lowest BCUT2D eigenvalue weighted by atomic mass is 10.2. The lowest BCUT2D eigenvalue weighted by molar-refractivity contribution is 0.543. The van der Waals surface area contributed by atoms with E-state index < -0.39 is 0 Å². The summed E-state index contributed by atoms with van der Waals surface area (Å²) >= 11 is 11.0. The molecule has 2 heterocycles. The largest absolute Gasteiger partial charge is 0.446 e. The van der Waals surface area contributed by atoms with Crippen LogP contribution in [0.15, 0.2) is 50.6 Å². The van der Waals surface area contributed by atoms with E-state index in [0.29, 0.717) is 10.4 Å². The molecule has 0 radical (unpaired) electrons. The van der Waals surface area contributed by atoms with Gasteiger partial charge in [-0.15, -0.1) is 10.2 Å². The first-order valence-corrected chi connectivity index (χ1v) is 8.89. The summed E-state index contributed by atoms with van der Waals surface area (Å²) in [5.41, 5.74) is 1.16. The van der Waals surface area contributed by atoms with Gasteiger partial charge in [0, 0.05) is 17.3 Å². The van der Waals surface area contributed by atoms with Crippen LogP contribution in [0.5, 0.6) is 0 Å². The molecule has 0 unspecified atom stereocenters. The SMILES string of the molecule is CCn1c(SCc2cccc(Cl)c2)nnc1-c1ccc(Br)o1. The zero-order valence-electron chi connectivity index (χ0n) is 11.8. The number of benzene rings is 1. The number of rotatable bonds is 5. The Morgan fingerprint density at radius 3 is 2.82 bits per heavy atom. The van der Waals surface area contributed by atoms with Crippen molar-refractivity contribution >= 4 is 39.3 Å². The number of furan rings is 1. The smallest absolute Gasteiger partial charge is 0.200 e. The van der Waals surface area contributed by atoms with E-state index in [4.69, 9.17) is 16.0 Å². The Labute approximate surface area is 146 Å². The maximum atomic E-state index is 6.01. The molecule has 0 fully saturated rings. The zero-order chi connectivity index (χ0) is 15.5. The monoisotopic (exact) mass is 397 g/mol. The number of thioether (sulfide) groups is 1. The van der Waals surface area contributed by atoms with Gasteiger partial charge in [0.2, 0.25) is 5.82 Å². The van der Waals surface area contributed by atoms with E-state index in [0.717, 1.165) is 33.9 Å². The van der Waals surface area contributed by atoms with Crippen molar-refractivity contribution in [1.82, 2.24) is 14.8 Å². The van der Waals surface area contributed by atoms with Gasteiger partial charge in [-0.2, -0.15) is 0 Å². The molecule has 3 rings (SSSR count). The van der Waals surface area contributed by atoms with Gasteiger partial charge in [-0.1, -0.05) is 35.5 Å². The molecule has 0 atom stereocenters. The summed E-state index contributed by atoms with van der Waals surface area (Å²) in [6.07, 6.45) is 0. The minimum absolute atomic E-state index is 0.682. The number of nitrogens with zero attached hydrogens (tertiary/aromatic N) is 3. The third kappa shape index (κ3) is 3.39. The highest BCUT2D eigenvalue weighted by atomic mass is 79.9. The quantitative estimate of drug-likeness (QED) is 0.549. The molecule has 4 nitrogen and oxygen atoms in total. The number of hydrogen-bond acceptors (Lipinski definition) is 4. The summed E-state index contributed by atoms with van der Waals surface area (Å²) in [6, 6.07) is 11.6. The molecule has 0 saturated heterocycles. The molecule has 0 saturated carbocycles. The molecule has 0 aliphatic carbocycles. The van der Waals surface area contributed by atoms with Gasteiger partial charge < -0.3 is 4.42 Å². The van der Waals surface area contributed by atoms with Crippen LogP contribution < -0.4 is 0 Å². The van der Waals surface area contributed by atoms with E-state index in [1.165, 1.54) is 0 Å². The molecule has 22 heavy (non-hydrogen) atoms. The van der Waals surface area contributed by atoms with Crippen molar-refractivity contribution in [3.63, 3.8) is 0 Å². The molecule has 0 amide bonds. The lowest BCUT2D eigenvalue weighted by Gasteiger charge is -2.06. The predicted molar refractivity (Wildman–Crippen MR) is 92.1 cm³/mol. The maximum Gasteiger partial charge on any atom is 0.200 e. The molecule has 0 N–H and O–H groups in total. The molecule has 3 aromatic rings. The Hall–Kier alpha value is -1.24. The van der Waals surface area contributed by atoms with Gasteiger partial charge in [-0.3, -0.25) is 4.57 Å². The van der Waals surface area contributed by atoms with Gasteiger partial charge in [-0.25, -0.2) is 0 Å². The topological polar surface area (TPSA) is 43.9 Å². The predicted octanol–water partition coefficient (Wildman–Crippen LogP) is 5.27. The standard InChI is InChI=1S/C15H13BrClN3OS/c1-2-20-14(12-6-7-13(16)21-12)18-19-15(20)22-9-10-4-3-5-11(17)8-10/h3-8H,2,9H2,1H3. The molecule has 114 valence electrons. The molecule has 0 spiro atoms. The third-order valence-electron chi connectivity index (χ3n) is 3.08. The molecule has 0 bridgehead atoms. The summed E-state index contributed by atoms with van der Waals surface area (Å²) in [7, 11) is 0. The summed E-state index contributed by atoms with van der Waals surface area (Å²) in [5.74, 6) is 2.23. The van der Waals surface area contributed by atoms with Crippen LogP contribution in [0, 0.1) is 0 Å². The highest BCUT2D eigenvalue weighted by molar-refractivity contribution is 9.10. The second-order valence-electron chi connectivity index (χ2n) is 4.57. The number of aromatic nitrogens is 3. The molecular weight excluding hydrogens is 386 g/mol. The summed E-state index contributed by atoms with van der Waals surface area (Å²) < 4.78 is 8.29. The van der Waals surface area contributed by atoms with Gasteiger partial charge in [-0.05, 0) is 52.7 Å². The van der Waals surface area contributed by atoms with Crippen molar-refractivity contribution in [2.75, 3.05) is 0 Å². The average Bonchev–Trinajstić information content (AvgIpc) is 3.10. The summed E-state index contributed by atoms with van der Waals surface area (Å²) in [6.45, 7) is 2.84. The van der Waals surface area contributed by atoms with Crippen LogP contribution in [-0.4, -0.2) is 14.8 Å². The van der Waals surface area contributed by atoms with Gasteiger partial charge in [0.15, 0.2) is 15.6 Å². The van der Waals surface area contributed by atoms with Crippen LogP contribution in [0.4, 0.5) is 0 Å². The summed E-state index contributed by atoms with van der Waals surface area (Å²) in [5, 5.41) is 10.1. The van der Waals surface area contributed by atoms with Crippen molar-refractivity contribution in [1.29, 1.82) is 0 Å². The van der Waals surface area contributed by atoms with Crippen LogP contribution in [0.2, 0.25) is 5.02 Å². The Morgan fingerprint density at radius 1 is 1.27 bits per heavy atom. The van der Waals surface area contributed by atoms with Crippen molar-refractivity contribution in [3.8, 4) is 11.6 Å². The second-order valence-corrected chi connectivity index (χ2v) is 6.73. The maximum absolute atomic E-state index is 6.01. The third-order valence-corrected chi connectivity index (χ3v) is 4.78. The molecular formula is C15H13BrClN3OS. The fourth-order valence-corrected chi connectivity index (χ4v) is 3.54. The zero-order valence-corrected chi connectivity index (χ0v) is 15.0. The molecule has 2 aromatic heterocycles. The number of hydrogen-bond donors (Lipinski definition) is 0. The fraction of sp³-hybridized carbons (Fsp3) is 0.200. The van der Waals surface area contributed by atoms with Gasteiger partial charge in [0.25, 0.3) is 0 Å². The first-order valence-electron chi connectivity index (χ1n) is 6.73. The Morgan fingerprint density at radius 2 is 2.14 bits per heavy atom. The average molecular weight is 399 g/mol. The van der Waals surface area contributed by atoms with Crippen molar-refractivity contribution < 1.29 is 4.42 Å². The molecule has 0 aliphatic heterocycles. The molecule has 1 aromatic carbocycles. The van der Waals surface area contributed by atoms with E-state index in [-0.39, 0.29) is 0 Å². The normalized spacial score (nSPS) is 11.0. The van der Waals surface area contributed by atoms with Crippen LogP contribution in [-0.2, 0) is 12.3 Å². The van der Waals surface area contributed by atoms with Gasteiger partial charge >= 0.3 is 0 Å². The van der Waals surface area contributed by atoms with E-state index in [9.17, 15) is 0 Å².